The molecule has 0 atom stereocenters. The largest absolute Gasteiger partial charge is 0.373 e. The second kappa shape index (κ2) is 3.62. The summed E-state index contributed by atoms with van der Waals surface area (Å²) in [4.78, 5) is 14.4. The summed E-state index contributed by atoms with van der Waals surface area (Å²) in [6.07, 6.45) is 1.57. The molecule has 2 N–H and O–H groups in total. The Labute approximate surface area is 62.1 Å². The average molecular weight is 157 g/mol. The maximum Gasteiger partial charge on any atom is 0.326 e. The van der Waals surface area contributed by atoms with Crippen molar-refractivity contribution in [2.24, 2.45) is 5.90 Å². The molecule has 7 nitrogen and oxygen atoms in total. The van der Waals surface area contributed by atoms with Crippen LogP contribution >= 0.6 is 0 Å². The van der Waals surface area contributed by atoms with E-state index in [1.807, 2.05) is 0 Å². The van der Waals surface area contributed by atoms with Gasteiger partial charge >= 0.3 is 5.97 Å². The van der Waals surface area contributed by atoms with Crippen LogP contribution in [0.4, 0.5) is 0 Å². The maximum atomic E-state index is 10.5. The zero-order valence-electron chi connectivity index (χ0n) is 5.67. The second-order valence-electron chi connectivity index (χ2n) is 1.81. The minimum Gasteiger partial charge on any atom is -0.373 e. The summed E-state index contributed by atoms with van der Waals surface area (Å²) in [6, 6.07) is 0. The monoisotopic (exact) mass is 157 g/mol. The lowest BCUT2D eigenvalue weighted by Gasteiger charge is -1.95. The molecule has 1 aromatic rings. The van der Waals surface area contributed by atoms with Crippen molar-refractivity contribution in [3.8, 4) is 0 Å². The first-order valence-electron chi connectivity index (χ1n) is 2.93. The van der Waals surface area contributed by atoms with Gasteiger partial charge in [0.25, 0.3) is 0 Å². The van der Waals surface area contributed by atoms with Crippen LogP contribution in [0.25, 0.3) is 0 Å². The Morgan fingerprint density at radius 2 is 2.55 bits per heavy atom. The molecule has 7 heteroatoms. The molecule has 1 rings (SSSR count). The number of tetrazole rings is 1. The van der Waals surface area contributed by atoms with Gasteiger partial charge in [-0.3, -0.25) is 4.79 Å². The quantitative estimate of drug-likeness (QED) is 0.535. The standard InChI is InChI=1S/C4H7N5O2/c5-11-4(10)1-2-9-3-6-7-8-9/h3H,1-2,5H2. The van der Waals surface area contributed by atoms with Crippen molar-refractivity contribution in [1.29, 1.82) is 0 Å². The molecule has 0 bridgehead atoms. The van der Waals surface area contributed by atoms with Gasteiger partial charge < -0.3 is 4.84 Å². The summed E-state index contributed by atoms with van der Waals surface area (Å²) in [5.41, 5.74) is 0. The lowest BCUT2D eigenvalue weighted by molar-refractivity contribution is -0.144. The van der Waals surface area contributed by atoms with Gasteiger partial charge in [-0.2, -0.15) is 5.90 Å². The minimum atomic E-state index is -0.486. The van der Waals surface area contributed by atoms with Gasteiger partial charge in [0.15, 0.2) is 0 Å². The molecule has 0 aliphatic heterocycles. The van der Waals surface area contributed by atoms with E-state index in [4.69, 9.17) is 0 Å². The number of aromatic nitrogens is 4. The Balaban J connectivity index is 2.29. The van der Waals surface area contributed by atoms with Crippen LogP contribution in [0.2, 0.25) is 0 Å². The minimum absolute atomic E-state index is 0.168. The van der Waals surface area contributed by atoms with Crippen LogP contribution in [0.5, 0.6) is 0 Å². The fourth-order valence-electron chi connectivity index (χ4n) is 0.547. The van der Waals surface area contributed by atoms with E-state index in [2.05, 4.69) is 26.3 Å². The van der Waals surface area contributed by atoms with Crippen LogP contribution in [0.3, 0.4) is 0 Å². The first kappa shape index (κ1) is 7.61. The predicted octanol–water partition coefficient (Wildman–Crippen LogP) is -1.52. The van der Waals surface area contributed by atoms with E-state index in [1.54, 1.807) is 0 Å². The van der Waals surface area contributed by atoms with Crippen molar-refractivity contribution in [2.45, 2.75) is 13.0 Å². The molecule has 0 aromatic carbocycles. The number of hydrogen-bond acceptors (Lipinski definition) is 6. The molecule has 11 heavy (non-hydrogen) atoms. The Morgan fingerprint density at radius 1 is 1.73 bits per heavy atom. The summed E-state index contributed by atoms with van der Waals surface area (Å²) in [5.74, 6) is 4.12. The normalized spacial score (nSPS) is 9.55. The SMILES string of the molecule is NOC(=O)CCn1cnnn1. The van der Waals surface area contributed by atoms with Crippen molar-refractivity contribution in [1.82, 2.24) is 20.2 Å². The van der Waals surface area contributed by atoms with E-state index >= 15 is 0 Å². The van der Waals surface area contributed by atoms with Gasteiger partial charge in [0.05, 0.1) is 13.0 Å². The lowest BCUT2D eigenvalue weighted by atomic mass is 10.4. The Bertz CT molecular complexity index is 220. The van der Waals surface area contributed by atoms with Crippen LogP contribution in [0.1, 0.15) is 6.42 Å². The first-order chi connectivity index (χ1) is 5.33. The molecule has 60 valence electrons. The van der Waals surface area contributed by atoms with Gasteiger partial charge in [0, 0.05) is 0 Å². The van der Waals surface area contributed by atoms with Crippen molar-refractivity contribution in [2.75, 3.05) is 0 Å². The highest BCUT2D eigenvalue weighted by Crippen LogP contribution is 1.86. The molecule has 0 aliphatic carbocycles. The fourth-order valence-corrected chi connectivity index (χ4v) is 0.547. The number of aryl methyl sites for hydroxylation is 1. The second-order valence-corrected chi connectivity index (χ2v) is 1.81. The van der Waals surface area contributed by atoms with Crippen molar-refractivity contribution < 1.29 is 9.63 Å². The van der Waals surface area contributed by atoms with E-state index in [9.17, 15) is 4.79 Å². The molecule has 1 heterocycles. The number of nitrogens with two attached hydrogens (primary N) is 1. The summed E-state index contributed by atoms with van der Waals surface area (Å²) in [6.45, 7) is 0.378. The van der Waals surface area contributed by atoms with Crippen molar-refractivity contribution in [3.05, 3.63) is 6.33 Å². The van der Waals surface area contributed by atoms with Gasteiger partial charge in [0.1, 0.15) is 6.33 Å². The third-order valence-electron chi connectivity index (χ3n) is 1.07. The first-order valence-corrected chi connectivity index (χ1v) is 2.93. The molecule has 0 saturated heterocycles. The Kier molecular flexibility index (Phi) is 2.50. The number of carbonyl (C=O) groups is 1. The molecule has 0 unspecified atom stereocenters. The highest BCUT2D eigenvalue weighted by atomic mass is 16.7. The fraction of sp³-hybridized carbons (Fsp3) is 0.500. The summed E-state index contributed by atoms with van der Waals surface area (Å²) >= 11 is 0. The smallest absolute Gasteiger partial charge is 0.326 e. The summed E-state index contributed by atoms with van der Waals surface area (Å²) in [7, 11) is 0. The topological polar surface area (TPSA) is 95.9 Å². The Morgan fingerprint density at radius 3 is 3.09 bits per heavy atom. The van der Waals surface area contributed by atoms with E-state index in [1.165, 1.54) is 11.0 Å². The Hall–Kier alpha value is -1.50. The van der Waals surface area contributed by atoms with Gasteiger partial charge in [-0.15, -0.1) is 5.10 Å². The lowest BCUT2D eigenvalue weighted by Crippen LogP contribution is -2.13. The van der Waals surface area contributed by atoms with Crippen molar-refractivity contribution >= 4 is 5.97 Å². The molecule has 0 aliphatic rings. The average Bonchev–Trinajstić information content (AvgIpc) is 2.52. The van der Waals surface area contributed by atoms with Gasteiger partial charge in [-0.25, -0.2) is 4.68 Å². The molecule has 0 spiro atoms. The number of nitrogens with zero attached hydrogens (tertiary/aromatic N) is 4. The molecule has 0 fully saturated rings. The van der Waals surface area contributed by atoms with E-state index in [-0.39, 0.29) is 6.42 Å². The summed E-state index contributed by atoms with van der Waals surface area (Å²) in [5, 5.41) is 10.3. The van der Waals surface area contributed by atoms with E-state index < -0.39 is 5.97 Å². The third-order valence-corrected chi connectivity index (χ3v) is 1.07. The van der Waals surface area contributed by atoms with E-state index in [0.717, 1.165) is 0 Å². The highest BCUT2D eigenvalue weighted by molar-refractivity contribution is 5.68. The molecule has 0 saturated carbocycles. The van der Waals surface area contributed by atoms with Gasteiger partial charge in [0.2, 0.25) is 0 Å². The van der Waals surface area contributed by atoms with Crippen LogP contribution in [0, 0.1) is 0 Å². The summed E-state index contributed by atoms with van der Waals surface area (Å²) < 4.78 is 1.41. The zero-order valence-corrected chi connectivity index (χ0v) is 5.67. The van der Waals surface area contributed by atoms with Crippen molar-refractivity contribution in [3.63, 3.8) is 0 Å². The van der Waals surface area contributed by atoms with Gasteiger partial charge in [-0.05, 0) is 10.4 Å². The van der Waals surface area contributed by atoms with Crippen LogP contribution < -0.4 is 5.90 Å². The molecule has 0 amide bonds. The van der Waals surface area contributed by atoms with Crippen LogP contribution in [-0.2, 0) is 16.2 Å². The molecular formula is C4H7N5O2. The zero-order chi connectivity index (χ0) is 8.10. The predicted molar refractivity (Wildman–Crippen MR) is 32.7 cm³/mol. The van der Waals surface area contributed by atoms with Gasteiger partial charge in [-0.1, -0.05) is 0 Å². The van der Waals surface area contributed by atoms with Crippen LogP contribution in [0.15, 0.2) is 6.33 Å². The number of carbonyl (C=O) groups excluding carboxylic acids is 1. The number of hydrogen-bond donors (Lipinski definition) is 1. The number of rotatable bonds is 3. The third kappa shape index (κ3) is 2.30. The van der Waals surface area contributed by atoms with Crippen LogP contribution in [-0.4, -0.2) is 26.2 Å². The molecule has 0 radical (unpaired) electrons. The molecule has 1 aromatic heterocycles. The highest BCUT2D eigenvalue weighted by Gasteiger charge is 2.00. The molecular weight excluding hydrogens is 150 g/mol. The maximum absolute atomic E-state index is 10.5. The van der Waals surface area contributed by atoms with E-state index in [0.29, 0.717) is 6.54 Å².